The fourth-order valence-electron chi connectivity index (χ4n) is 3.14. The van der Waals surface area contributed by atoms with Gasteiger partial charge in [-0.3, -0.25) is 9.10 Å². The fraction of sp³-hybridized carbons (Fsp3) is 0.240. The molecule has 0 aliphatic carbocycles. The minimum absolute atomic E-state index is 0.0799. The van der Waals surface area contributed by atoms with Crippen molar-refractivity contribution in [1.29, 1.82) is 0 Å². The van der Waals surface area contributed by atoms with Crippen LogP contribution in [0.3, 0.4) is 0 Å². The van der Waals surface area contributed by atoms with Crippen molar-refractivity contribution >= 4 is 45.0 Å². The number of hydrogen-bond acceptors (Lipinski definition) is 4. The second kappa shape index (κ2) is 11.6. The predicted octanol–water partition coefficient (Wildman–Crippen LogP) is 5.20. The summed E-state index contributed by atoms with van der Waals surface area (Å²) in [5.74, 6) is 1.23. The third-order valence-electron chi connectivity index (χ3n) is 5.15. The quantitative estimate of drug-likeness (QED) is 0.387. The van der Waals surface area contributed by atoms with Crippen LogP contribution in [0.1, 0.15) is 16.7 Å². The van der Waals surface area contributed by atoms with Crippen molar-refractivity contribution in [2.75, 3.05) is 23.1 Å². The van der Waals surface area contributed by atoms with E-state index in [1.807, 2.05) is 38.1 Å². The normalized spacial score (nSPS) is 11.2. The number of nitrogens with zero attached hydrogens (tertiary/aromatic N) is 1. The third-order valence-corrected chi connectivity index (χ3v) is 8.22. The summed E-state index contributed by atoms with van der Waals surface area (Å²) in [5, 5.41) is 3.28. The number of sulfonamides is 1. The third kappa shape index (κ3) is 7.00. The fourth-order valence-corrected chi connectivity index (χ4v) is 5.50. The van der Waals surface area contributed by atoms with Gasteiger partial charge in [-0.1, -0.05) is 48.0 Å². The number of rotatable bonds is 10. The van der Waals surface area contributed by atoms with Crippen molar-refractivity contribution in [2.24, 2.45) is 0 Å². The molecule has 1 N–H and O–H groups in total. The van der Waals surface area contributed by atoms with E-state index in [0.717, 1.165) is 26.9 Å². The molecule has 0 bridgehead atoms. The van der Waals surface area contributed by atoms with Gasteiger partial charge in [-0.25, -0.2) is 8.42 Å². The number of thioether (sulfide) groups is 1. The van der Waals surface area contributed by atoms with Gasteiger partial charge in [0.15, 0.2) is 0 Å². The summed E-state index contributed by atoms with van der Waals surface area (Å²) < 4.78 is 28.0. The Morgan fingerprint density at radius 2 is 1.67 bits per heavy atom. The van der Waals surface area contributed by atoms with Crippen molar-refractivity contribution in [2.45, 2.75) is 24.5 Å². The first-order chi connectivity index (χ1) is 15.8. The first-order valence-corrected chi connectivity index (χ1v) is 13.5. The van der Waals surface area contributed by atoms with Crippen molar-refractivity contribution in [3.63, 3.8) is 0 Å². The molecule has 0 saturated heterocycles. The van der Waals surface area contributed by atoms with Crippen molar-refractivity contribution in [3.05, 3.63) is 94.5 Å². The summed E-state index contributed by atoms with van der Waals surface area (Å²) in [5.41, 5.74) is 3.66. The molecule has 3 rings (SSSR count). The topological polar surface area (TPSA) is 66.5 Å². The van der Waals surface area contributed by atoms with Crippen molar-refractivity contribution in [3.8, 4) is 0 Å². The van der Waals surface area contributed by atoms with Gasteiger partial charge in [-0.2, -0.15) is 11.8 Å². The van der Waals surface area contributed by atoms with Crippen LogP contribution in [0.4, 0.5) is 5.69 Å². The van der Waals surface area contributed by atoms with Crippen LogP contribution in [0.2, 0.25) is 5.02 Å². The zero-order chi connectivity index (χ0) is 23.8. The first-order valence-electron chi connectivity index (χ1n) is 10.5. The molecule has 0 fully saturated rings. The van der Waals surface area contributed by atoms with Gasteiger partial charge in [0.25, 0.3) is 10.0 Å². The number of aryl methyl sites for hydroxylation is 2. The number of hydrogen-bond donors (Lipinski definition) is 1. The van der Waals surface area contributed by atoms with Crippen LogP contribution >= 0.6 is 23.4 Å². The highest BCUT2D eigenvalue weighted by Gasteiger charge is 2.27. The molecule has 8 heteroatoms. The number of carbonyl (C=O) groups is 1. The smallest absolute Gasteiger partial charge is 0.264 e. The summed E-state index contributed by atoms with van der Waals surface area (Å²) >= 11 is 7.64. The molecule has 0 atom stereocenters. The van der Waals surface area contributed by atoms with E-state index in [4.69, 9.17) is 11.6 Å². The molecule has 1 amide bonds. The monoisotopic (exact) mass is 502 g/mol. The number of benzene rings is 3. The van der Waals surface area contributed by atoms with E-state index in [9.17, 15) is 13.2 Å². The highest BCUT2D eigenvalue weighted by atomic mass is 35.5. The highest BCUT2D eigenvalue weighted by molar-refractivity contribution is 7.98. The van der Waals surface area contributed by atoms with Crippen LogP contribution in [-0.2, 0) is 20.6 Å². The number of halogens is 1. The molecule has 0 radical (unpaired) electrons. The van der Waals surface area contributed by atoms with Gasteiger partial charge in [-0.05, 0) is 66.9 Å². The highest BCUT2D eigenvalue weighted by Crippen LogP contribution is 2.26. The molecule has 0 aromatic heterocycles. The first kappa shape index (κ1) is 25.1. The summed E-state index contributed by atoms with van der Waals surface area (Å²) in [4.78, 5) is 12.8. The molecule has 0 heterocycles. The Labute approximate surface area is 205 Å². The van der Waals surface area contributed by atoms with Crippen LogP contribution in [-0.4, -0.2) is 33.2 Å². The van der Waals surface area contributed by atoms with Crippen LogP contribution in [0.15, 0.2) is 77.7 Å². The zero-order valence-corrected chi connectivity index (χ0v) is 21.0. The Morgan fingerprint density at radius 1 is 0.970 bits per heavy atom. The van der Waals surface area contributed by atoms with Gasteiger partial charge < -0.3 is 5.32 Å². The van der Waals surface area contributed by atoms with E-state index < -0.39 is 10.0 Å². The van der Waals surface area contributed by atoms with Gasteiger partial charge in [0.2, 0.25) is 5.91 Å². The Morgan fingerprint density at radius 3 is 2.33 bits per heavy atom. The Hall–Kier alpha value is -2.48. The molecule has 0 aliphatic heterocycles. The molecule has 33 heavy (non-hydrogen) atoms. The van der Waals surface area contributed by atoms with Crippen molar-refractivity contribution < 1.29 is 13.2 Å². The maximum atomic E-state index is 13.4. The lowest BCUT2D eigenvalue weighted by Crippen LogP contribution is -2.41. The minimum atomic E-state index is -3.96. The second-order valence-electron chi connectivity index (χ2n) is 7.62. The SMILES string of the molecule is Cc1ccc(N(CC(=O)NCCSCc2ccccc2)S(=O)(=O)c2ccc(Cl)cc2)cc1C. The maximum absolute atomic E-state index is 13.4. The second-order valence-corrected chi connectivity index (χ2v) is 11.0. The van der Waals surface area contributed by atoms with E-state index in [1.54, 1.807) is 23.9 Å². The van der Waals surface area contributed by atoms with Gasteiger partial charge in [0.1, 0.15) is 6.54 Å². The molecular formula is C25H27ClN2O3S2. The number of carbonyl (C=O) groups excluding carboxylic acids is 1. The zero-order valence-electron chi connectivity index (χ0n) is 18.6. The van der Waals surface area contributed by atoms with E-state index in [0.29, 0.717) is 17.3 Å². The standard InChI is InChI=1S/C25H27ClN2O3S2/c1-19-8-11-23(16-20(19)2)28(33(30,31)24-12-9-22(26)10-13-24)17-25(29)27-14-15-32-18-21-6-4-3-5-7-21/h3-13,16H,14-15,17-18H2,1-2H3,(H,27,29). The van der Waals surface area contributed by atoms with Gasteiger partial charge in [-0.15, -0.1) is 0 Å². The lowest BCUT2D eigenvalue weighted by molar-refractivity contribution is -0.119. The largest absolute Gasteiger partial charge is 0.354 e. The lowest BCUT2D eigenvalue weighted by atomic mass is 10.1. The Kier molecular flexibility index (Phi) is 8.83. The van der Waals surface area contributed by atoms with Gasteiger partial charge in [0, 0.05) is 23.1 Å². The molecule has 174 valence electrons. The average molecular weight is 503 g/mol. The molecule has 0 aliphatic rings. The van der Waals surface area contributed by atoms with Crippen LogP contribution in [0.5, 0.6) is 0 Å². The Balaban J connectivity index is 1.69. The maximum Gasteiger partial charge on any atom is 0.264 e. The van der Waals surface area contributed by atoms with Gasteiger partial charge >= 0.3 is 0 Å². The molecule has 5 nitrogen and oxygen atoms in total. The van der Waals surface area contributed by atoms with Gasteiger partial charge in [0.05, 0.1) is 10.6 Å². The summed E-state index contributed by atoms with van der Waals surface area (Å²) in [6.07, 6.45) is 0. The molecule has 3 aromatic rings. The van der Waals surface area contributed by atoms with E-state index in [1.165, 1.54) is 29.8 Å². The van der Waals surface area contributed by atoms with Crippen LogP contribution in [0, 0.1) is 13.8 Å². The number of anilines is 1. The Bertz CT molecular complexity index is 1180. The number of amides is 1. The molecule has 3 aromatic carbocycles. The summed E-state index contributed by atoms with van der Waals surface area (Å²) in [6.45, 7) is 4.02. The molecule has 0 saturated carbocycles. The number of nitrogens with one attached hydrogen (secondary N) is 1. The van der Waals surface area contributed by atoms with E-state index in [2.05, 4.69) is 17.4 Å². The van der Waals surface area contributed by atoms with Crippen LogP contribution < -0.4 is 9.62 Å². The van der Waals surface area contributed by atoms with Crippen LogP contribution in [0.25, 0.3) is 0 Å². The van der Waals surface area contributed by atoms with Crippen molar-refractivity contribution in [1.82, 2.24) is 5.32 Å². The lowest BCUT2D eigenvalue weighted by Gasteiger charge is -2.25. The molecular weight excluding hydrogens is 476 g/mol. The average Bonchev–Trinajstić information content (AvgIpc) is 2.80. The molecule has 0 unspecified atom stereocenters. The summed E-state index contributed by atoms with van der Waals surface area (Å²) in [7, 11) is -3.96. The molecule has 0 spiro atoms. The predicted molar refractivity (Wildman–Crippen MR) is 138 cm³/mol. The van der Waals surface area contributed by atoms with E-state index in [-0.39, 0.29) is 17.3 Å². The minimum Gasteiger partial charge on any atom is -0.354 e. The van der Waals surface area contributed by atoms with E-state index >= 15 is 0 Å². The summed E-state index contributed by atoms with van der Waals surface area (Å²) in [6, 6.07) is 21.4.